The maximum Gasteiger partial charge on any atom is 0.356 e. The smallest absolute Gasteiger partial charge is 0.356 e. The molecule has 0 atom stereocenters. The standard InChI is InChI=1S/C23H26N4O2/c1-29-23(28)18-15-19(26-13-6-3-7-14-26)20-21(16-9-8-10-16)25-27(22(20)24-18)17-11-4-2-5-12-17/h2,4-5,11-12,15-16H,3,6-10,13-14H2,1H3. The zero-order valence-electron chi connectivity index (χ0n) is 16.8. The van der Waals surface area contributed by atoms with E-state index in [0.29, 0.717) is 11.6 Å². The van der Waals surface area contributed by atoms with Crippen LogP contribution in [0.4, 0.5) is 5.69 Å². The van der Waals surface area contributed by atoms with Gasteiger partial charge in [0.05, 0.1) is 29.6 Å². The van der Waals surface area contributed by atoms with Crippen molar-refractivity contribution in [1.29, 1.82) is 0 Å². The zero-order valence-corrected chi connectivity index (χ0v) is 16.8. The first-order chi connectivity index (χ1) is 14.3. The summed E-state index contributed by atoms with van der Waals surface area (Å²) in [5.74, 6) is 0.0629. The first kappa shape index (κ1) is 18.2. The topological polar surface area (TPSA) is 60.2 Å². The van der Waals surface area contributed by atoms with E-state index in [0.717, 1.165) is 41.2 Å². The molecule has 1 saturated carbocycles. The molecule has 0 amide bonds. The number of methoxy groups -OCH3 is 1. The van der Waals surface area contributed by atoms with Gasteiger partial charge in [0, 0.05) is 19.0 Å². The molecule has 0 radical (unpaired) electrons. The molecule has 1 aliphatic carbocycles. The minimum atomic E-state index is -0.406. The van der Waals surface area contributed by atoms with Gasteiger partial charge in [-0.15, -0.1) is 0 Å². The largest absolute Gasteiger partial charge is 0.464 e. The van der Waals surface area contributed by atoms with Gasteiger partial charge in [-0.1, -0.05) is 24.6 Å². The number of carbonyl (C=O) groups is 1. The second kappa shape index (κ2) is 7.50. The van der Waals surface area contributed by atoms with E-state index in [-0.39, 0.29) is 0 Å². The third-order valence-corrected chi connectivity index (χ3v) is 6.23. The van der Waals surface area contributed by atoms with Gasteiger partial charge in [-0.05, 0) is 50.3 Å². The summed E-state index contributed by atoms with van der Waals surface area (Å²) in [7, 11) is 1.41. The number of rotatable bonds is 4. The van der Waals surface area contributed by atoms with Gasteiger partial charge < -0.3 is 9.64 Å². The number of piperidine rings is 1. The number of fused-ring (bicyclic) bond motifs is 1. The van der Waals surface area contributed by atoms with Crippen molar-refractivity contribution in [1.82, 2.24) is 14.8 Å². The Morgan fingerprint density at radius 2 is 1.83 bits per heavy atom. The molecule has 3 heterocycles. The summed E-state index contributed by atoms with van der Waals surface area (Å²) in [5.41, 5.74) is 4.26. The summed E-state index contributed by atoms with van der Waals surface area (Å²) in [4.78, 5) is 19.6. The molecule has 2 aromatic heterocycles. The maximum absolute atomic E-state index is 12.4. The van der Waals surface area contributed by atoms with E-state index < -0.39 is 5.97 Å². The van der Waals surface area contributed by atoms with Crippen LogP contribution >= 0.6 is 0 Å². The highest BCUT2D eigenvalue weighted by Gasteiger charge is 2.30. The van der Waals surface area contributed by atoms with Crippen molar-refractivity contribution in [2.75, 3.05) is 25.1 Å². The number of hydrogen-bond acceptors (Lipinski definition) is 5. The van der Waals surface area contributed by atoms with Crippen LogP contribution in [0, 0.1) is 0 Å². The number of anilines is 1. The van der Waals surface area contributed by atoms with Crippen LogP contribution in [0.1, 0.15) is 60.6 Å². The molecule has 29 heavy (non-hydrogen) atoms. The van der Waals surface area contributed by atoms with E-state index in [2.05, 4.69) is 4.90 Å². The number of esters is 1. The Balaban J connectivity index is 1.78. The van der Waals surface area contributed by atoms with Crippen molar-refractivity contribution < 1.29 is 9.53 Å². The molecular formula is C23H26N4O2. The van der Waals surface area contributed by atoms with Gasteiger partial charge >= 0.3 is 5.97 Å². The van der Waals surface area contributed by atoms with Gasteiger partial charge in [0.25, 0.3) is 0 Å². The molecule has 0 unspecified atom stereocenters. The number of para-hydroxylation sites is 1. The van der Waals surface area contributed by atoms with Gasteiger partial charge in [-0.3, -0.25) is 0 Å². The lowest BCUT2D eigenvalue weighted by Crippen LogP contribution is -2.30. The monoisotopic (exact) mass is 390 g/mol. The van der Waals surface area contributed by atoms with Gasteiger partial charge in [-0.25, -0.2) is 14.5 Å². The highest BCUT2D eigenvalue weighted by molar-refractivity contribution is 5.99. The third-order valence-electron chi connectivity index (χ3n) is 6.23. The summed E-state index contributed by atoms with van der Waals surface area (Å²) in [6, 6.07) is 12.0. The molecule has 2 aliphatic rings. The lowest BCUT2D eigenvalue weighted by atomic mass is 9.82. The van der Waals surface area contributed by atoms with Crippen molar-refractivity contribution in [3.63, 3.8) is 0 Å². The quantitative estimate of drug-likeness (QED) is 0.616. The summed E-state index contributed by atoms with van der Waals surface area (Å²) in [5, 5.41) is 6.14. The van der Waals surface area contributed by atoms with Crippen molar-refractivity contribution in [3.8, 4) is 5.69 Å². The molecule has 1 aliphatic heterocycles. The van der Waals surface area contributed by atoms with E-state index in [4.69, 9.17) is 14.8 Å². The van der Waals surface area contributed by atoms with E-state index >= 15 is 0 Å². The molecule has 0 spiro atoms. The lowest BCUT2D eigenvalue weighted by molar-refractivity contribution is 0.0594. The number of aromatic nitrogens is 3. The molecule has 5 rings (SSSR count). The van der Waals surface area contributed by atoms with Crippen LogP contribution in [-0.2, 0) is 4.74 Å². The third kappa shape index (κ3) is 3.16. The van der Waals surface area contributed by atoms with Crippen LogP contribution < -0.4 is 4.90 Å². The minimum Gasteiger partial charge on any atom is -0.464 e. The van der Waals surface area contributed by atoms with Gasteiger partial charge in [0.2, 0.25) is 0 Å². The Morgan fingerprint density at radius 3 is 2.48 bits per heavy atom. The predicted octanol–water partition coefficient (Wildman–Crippen LogP) is 4.46. The van der Waals surface area contributed by atoms with Crippen molar-refractivity contribution >= 4 is 22.7 Å². The number of hydrogen-bond donors (Lipinski definition) is 0. The average molecular weight is 390 g/mol. The Morgan fingerprint density at radius 1 is 1.07 bits per heavy atom. The fraction of sp³-hybridized carbons (Fsp3) is 0.435. The molecule has 150 valence electrons. The molecule has 0 N–H and O–H groups in total. The Hall–Kier alpha value is -2.89. The van der Waals surface area contributed by atoms with Crippen molar-refractivity contribution in [2.24, 2.45) is 0 Å². The molecule has 3 aromatic rings. The average Bonchev–Trinajstić information content (AvgIpc) is 3.11. The van der Waals surface area contributed by atoms with Crippen LogP contribution in [0.15, 0.2) is 36.4 Å². The van der Waals surface area contributed by atoms with Crippen LogP contribution in [0.5, 0.6) is 0 Å². The highest BCUT2D eigenvalue weighted by Crippen LogP contribution is 2.43. The molecule has 0 bridgehead atoms. The van der Waals surface area contributed by atoms with Gasteiger partial charge in [-0.2, -0.15) is 5.10 Å². The molecule has 2 fully saturated rings. The van der Waals surface area contributed by atoms with Crippen molar-refractivity contribution in [2.45, 2.75) is 44.4 Å². The van der Waals surface area contributed by atoms with Gasteiger partial charge in [0.15, 0.2) is 11.3 Å². The van der Waals surface area contributed by atoms with E-state index in [1.165, 1.54) is 45.6 Å². The van der Waals surface area contributed by atoms with E-state index in [1.54, 1.807) is 0 Å². The zero-order chi connectivity index (χ0) is 19.8. The molecule has 1 aromatic carbocycles. The van der Waals surface area contributed by atoms with Crippen LogP contribution in [0.25, 0.3) is 16.7 Å². The molecule has 6 nitrogen and oxygen atoms in total. The van der Waals surface area contributed by atoms with Gasteiger partial charge in [0.1, 0.15) is 0 Å². The fourth-order valence-corrected chi connectivity index (χ4v) is 4.43. The Bertz CT molecular complexity index is 1030. The number of ether oxygens (including phenoxy) is 1. The maximum atomic E-state index is 12.4. The highest BCUT2D eigenvalue weighted by atomic mass is 16.5. The summed E-state index contributed by atoms with van der Waals surface area (Å²) < 4.78 is 6.92. The summed E-state index contributed by atoms with van der Waals surface area (Å²) in [6.45, 7) is 2.00. The SMILES string of the molecule is COC(=O)c1cc(N2CCCCC2)c2c(C3CCC3)nn(-c3ccccc3)c2n1. The molecular weight excluding hydrogens is 364 g/mol. The van der Waals surface area contributed by atoms with E-state index in [9.17, 15) is 4.79 Å². The van der Waals surface area contributed by atoms with Crippen molar-refractivity contribution in [3.05, 3.63) is 47.8 Å². The normalized spacial score (nSPS) is 17.3. The minimum absolute atomic E-state index is 0.345. The second-order valence-electron chi connectivity index (χ2n) is 8.02. The lowest BCUT2D eigenvalue weighted by Gasteiger charge is -2.31. The second-order valence-corrected chi connectivity index (χ2v) is 8.02. The summed E-state index contributed by atoms with van der Waals surface area (Å²) in [6.07, 6.45) is 7.18. The van der Waals surface area contributed by atoms with Crippen LogP contribution in [0.3, 0.4) is 0 Å². The van der Waals surface area contributed by atoms with Crippen LogP contribution in [-0.4, -0.2) is 40.9 Å². The molecule has 1 saturated heterocycles. The fourth-order valence-electron chi connectivity index (χ4n) is 4.43. The first-order valence-corrected chi connectivity index (χ1v) is 10.6. The number of nitrogens with zero attached hydrogens (tertiary/aromatic N) is 4. The Kier molecular flexibility index (Phi) is 4.70. The Labute approximate surface area is 170 Å². The number of benzene rings is 1. The number of carbonyl (C=O) groups excluding carboxylic acids is 1. The molecule has 6 heteroatoms. The van der Waals surface area contributed by atoms with Crippen LogP contribution in [0.2, 0.25) is 0 Å². The van der Waals surface area contributed by atoms with E-state index in [1.807, 2.05) is 41.1 Å². The summed E-state index contributed by atoms with van der Waals surface area (Å²) >= 11 is 0. The number of pyridine rings is 1. The predicted molar refractivity (Wildman–Crippen MR) is 113 cm³/mol. The first-order valence-electron chi connectivity index (χ1n) is 10.6.